The lowest BCUT2D eigenvalue weighted by atomic mass is 9.84. The lowest BCUT2D eigenvalue weighted by molar-refractivity contribution is -0.158. The molecule has 0 aromatic carbocycles. The summed E-state index contributed by atoms with van der Waals surface area (Å²) in [4.78, 5) is 28.1. The average Bonchev–Trinajstić information content (AvgIpc) is 3.20. The van der Waals surface area contributed by atoms with E-state index in [2.05, 4.69) is 0 Å². The Hall–Kier alpha value is -1.92. The van der Waals surface area contributed by atoms with Crippen LogP contribution in [-0.2, 0) is 20.7 Å². The second kappa shape index (κ2) is 7.84. The van der Waals surface area contributed by atoms with E-state index in [1.807, 2.05) is 42.8 Å². The van der Waals surface area contributed by atoms with Gasteiger partial charge in [0.2, 0.25) is 5.78 Å². The SMILES string of the molecule is CCC(Cc1ccsc1)C1OC(=O)C(C(c2ccc(C)s2)C2CC2)=C(O)C1=O. The fourth-order valence-corrected chi connectivity index (χ4v) is 5.78. The largest absolute Gasteiger partial charge is 0.504 e. The number of carbonyl (C=O) groups excluding carboxylic acids is 2. The summed E-state index contributed by atoms with van der Waals surface area (Å²) in [5.74, 6) is -1.46. The summed E-state index contributed by atoms with van der Waals surface area (Å²) in [5, 5.41) is 14.8. The molecule has 0 spiro atoms. The zero-order chi connectivity index (χ0) is 19.8. The number of ketones is 1. The standard InChI is InChI=1S/C22H24O4S2/c1-3-14(10-13-8-9-27-11-13)21-20(24)19(23)18(22(25)26-21)17(15-5-6-15)16-7-4-12(2)28-16/h4,7-9,11,14-15,17,21,23H,3,5-6,10H2,1-2H3. The number of hydrogen-bond acceptors (Lipinski definition) is 6. The van der Waals surface area contributed by atoms with Gasteiger partial charge in [-0.25, -0.2) is 4.79 Å². The maximum atomic E-state index is 13.0. The number of rotatable bonds is 7. The Labute approximate surface area is 172 Å². The van der Waals surface area contributed by atoms with E-state index < -0.39 is 17.9 Å². The van der Waals surface area contributed by atoms with Crippen LogP contribution in [0.25, 0.3) is 0 Å². The molecule has 1 fully saturated rings. The van der Waals surface area contributed by atoms with Crippen molar-refractivity contribution < 1.29 is 19.4 Å². The van der Waals surface area contributed by atoms with Gasteiger partial charge >= 0.3 is 5.97 Å². The average molecular weight is 417 g/mol. The molecule has 0 bridgehead atoms. The predicted octanol–water partition coefficient (Wildman–Crippen LogP) is 5.19. The van der Waals surface area contributed by atoms with E-state index in [0.29, 0.717) is 18.8 Å². The molecule has 0 radical (unpaired) electrons. The second-order valence-electron chi connectivity index (χ2n) is 7.72. The first-order valence-corrected chi connectivity index (χ1v) is 11.5. The number of esters is 1. The molecule has 1 saturated carbocycles. The molecule has 28 heavy (non-hydrogen) atoms. The van der Waals surface area contributed by atoms with Crippen LogP contribution in [0.3, 0.4) is 0 Å². The van der Waals surface area contributed by atoms with Gasteiger partial charge in [-0.1, -0.05) is 6.92 Å². The highest BCUT2D eigenvalue weighted by Crippen LogP contribution is 2.50. The highest BCUT2D eigenvalue weighted by atomic mass is 32.1. The molecule has 2 aromatic rings. The number of thiophene rings is 2. The fourth-order valence-electron chi connectivity index (χ4n) is 4.02. The third-order valence-corrected chi connectivity index (χ3v) is 7.52. The summed E-state index contributed by atoms with van der Waals surface area (Å²) >= 11 is 3.22. The molecule has 148 valence electrons. The highest BCUT2D eigenvalue weighted by Gasteiger charge is 2.47. The molecule has 2 aromatic heterocycles. The normalized spacial score (nSPS) is 22.3. The van der Waals surface area contributed by atoms with Crippen LogP contribution in [0.15, 0.2) is 40.3 Å². The molecule has 6 heteroatoms. The van der Waals surface area contributed by atoms with E-state index in [1.165, 1.54) is 0 Å². The monoisotopic (exact) mass is 416 g/mol. The molecule has 3 atom stereocenters. The summed E-state index contributed by atoms with van der Waals surface area (Å²) in [5.41, 5.74) is 1.29. The van der Waals surface area contributed by atoms with Crippen LogP contribution >= 0.6 is 22.7 Å². The summed E-state index contributed by atoms with van der Waals surface area (Å²) in [6, 6.07) is 6.03. The van der Waals surface area contributed by atoms with Crippen LogP contribution < -0.4 is 0 Å². The van der Waals surface area contributed by atoms with Crippen molar-refractivity contribution in [2.45, 2.75) is 51.6 Å². The lowest BCUT2D eigenvalue weighted by Gasteiger charge is -2.31. The van der Waals surface area contributed by atoms with E-state index in [0.717, 1.165) is 28.2 Å². The topological polar surface area (TPSA) is 63.6 Å². The van der Waals surface area contributed by atoms with Gasteiger partial charge in [0.15, 0.2) is 11.9 Å². The summed E-state index contributed by atoms with van der Waals surface area (Å²) < 4.78 is 5.67. The van der Waals surface area contributed by atoms with Gasteiger partial charge in [-0.3, -0.25) is 4.79 Å². The number of aliphatic hydroxyl groups is 1. The molecule has 1 aliphatic carbocycles. The van der Waals surface area contributed by atoms with Gasteiger partial charge in [0, 0.05) is 21.6 Å². The number of hydrogen-bond donors (Lipinski definition) is 1. The molecule has 0 amide bonds. The van der Waals surface area contributed by atoms with Crippen LogP contribution in [0.1, 0.15) is 47.4 Å². The van der Waals surface area contributed by atoms with Crippen LogP contribution in [-0.4, -0.2) is 23.0 Å². The van der Waals surface area contributed by atoms with Gasteiger partial charge in [-0.2, -0.15) is 11.3 Å². The Kier molecular flexibility index (Phi) is 5.43. The zero-order valence-electron chi connectivity index (χ0n) is 16.0. The summed E-state index contributed by atoms with van der Waals surface area (Å²) in [6.07, 6.45) is 2.44. The Bertz CT molecular complexity index is 905. The maximum Gasteiger partial charge on any atom is 0.339 e. The summed E-state index contributed by atoms with van der Waals surface area (Å²) in [6.45, 7) is 4.00. The molecular weight excluding hydrogens is 392 g/mol. The molecule has 2 aliphatic rings. The number of cyclic esters (lactones) is 1. The van der Waals surface area contributed by atoms with Crippen LogP contribution in [0.4, 0.5) is 0 Å². The number of aryl methyl sites for hydroxylation is 1. The predicted molar refractivity (Wildman–Crippen MR) is 111 cm³/mol. The molecule has 3 heterocycles. The van der Waals surface area contributed by atoms with Crippen molar-refractivity contribution in [3.05, 3.63) is 55.6 Å². The van der Waals surface area contributed by atoms with Crippen LogP contribution in [0.2, 0.25) is 0 Å². The molecule has 4 rings (SSSR count). The molecule has 1 aliphatic heterocycles. The van der Waals surface area contributed by atoms with E-state index in [4.69, 9.17) is 4.74 Å². The number of ether oxygens (including phenoxy) is 1. The second-order valence-corrected chi connectivity index (χ2v) is 9.82. The minimum Gasteiger partial charge on any atom is -0.504 e. The minimum atomic E-state index is -0.911. The Morgan fingerprint density at radius 3 is 2.61 bits per heavy atom. The van der Waals surface area contributed by atoms with Gasteiger partial charge < -0.3 is 9.84 Å². The van der Waals surface area contributed by atoms with Crippen molar-refractivity contribution in [2.24, 2.45) is 11.8 Å². The minimum absolute atomic E-state index is 0.141. The van der Waals surface area contributed by atoms with E-state index in [-0.39, 0.29) is 23.2 Å². The third-order valence-electron chi connectivity index (χ3n) is 5.70. The van der Waals surface area contributed by atoms with Gasteiger partial charge in [0.1, 0.15) is 0 Å². The van der Waals surface area contributed by atoms with Gasteiger partial charge in [0.25, 0.3) is 0 Å². The first-order valence-electron chi connectivity index (χ1n) is 9.75. The van der Waals surface area contributed by atoms with Crippen molar-refractivity contribution >= 4 is 34.4 Å². The van der Waals surface area contributed by atoms with Crippen molar-refractivity contribution in [3.8, 4) is 0 Å². The van der Waals surface area contributed by atoms with Crippen LogP contribution in [0, 0.1) is 18.8 Å². The summed E-state index contributed by atoms with van der Waals surface area (Å²) in [7, 11) is 0. The Morgan fingerprint density at radius 2 is 2.04 bits per heavy atom. The smallest absolute Gasteiger partial charge is 0.339 e. The molecule has 1 N–H and O–H groups in total. The van der Waals surface area contributed by atoms with Crippen molar-refractivity contribution in [3.63, 3.8) is 0 Å². The Balaban J connectivity index is 1.64. The fraction of sp³-hybridized carbons (Fsp3) is 0.455. The third kappa shape index (κ3) is 3.67. The molecule has 0 saturated heterocycles. The first kappa shape index (κ1) is 19.4. The molecule has 3 unspecified atom stereocenters. The highest BCUT2D eigenvalue weighted by molar-refractivity contribution is 7.12. The van der Waals surface area contributed by atoms with E-state index in [9.17, 15) is 14.7 Å². The quantitative estimate of drug-likeness (QED) is 0.631. The van der Waals surface area contributed by atoms with E-state index >= 15 is 0 Å². The van der Waals surface area contributed by atoms with Crippen LogP contribution in [0.5, 0.6) is 0 Å². The van der Waals surface area contributed by atoms with Gasteiger partial charge in [-0.05, 0) is 73.0 Å². The molecule has 4 nitrogen and oxygen atoms in total. The maximum absolute atomic E-state index is 13.0. The first-order chi connectivity index (χ1) is 13.5. The number of Topliss-reactive ketones (excluding diaryl/α,β-unsaturated/α-hetero) is 1. The zero-order valence-corrected chi connectivity index (χ0v) is 17.6. The van der Waals surface area contributed by atoms with Gasteiger partial charge in [-0.15, -0.1) is 11.3 Å². The Morgan fingerprint density at radius 1 is 1.25 bits per heavy atom. The van der Waals surface area contributed by atoms with Gasteiger partial charge in [0.05, 0.1) is 5.57 Å². The van der Waals surface area contributed by atoms with Crippen molar-refractivity contribution in [1.29, 1.82) is 0 Å². The van der Waals surface area contributed by atoms with Crippen molar-refractivity contribution in [1.82, 2.24) is 0 Å². The number of carbonyl (C=O) groups is 2. The van der Waals surface area contributed by atoms with E-state index in [1.54, 1.807) is 22.7 Å². The van der Waals surface area contributed by atoms with Crippen molar-refractivity contribution in [2.75, 3.05) is 0 Å². The molecular formula is C22H24O4S2. The lowest BCUT2D eigenvalue weighted by Crippen LogP contribution is -2.42. The number of aliphatic hydroxyl groups excluding tert-OH is 1.